The molecule has 0 saturated carbocycles. The van der Waals surface area contributed by atoms with Crippen LogP contribution in [-0.2, 0) is 16.0 Å². The number of furan rings is 1. The third kappa shape index (κ3) is 3.81. The molecule has 0 radical (unpaired) electrons. The van der Waals surface area contributed by atoms with Crippen molar-refractivity contribution < 1.29 is 18.8 Å². The molecule has 0 aliphatic carbocycles. The summed E-state index contributed by atoms with van der Waals surface area (Å²) in [5.41, 5.74) is 6.49. The first kappa shape index (κ1) is 17.4. The molecule has 10 heteroatoms. The normalized spacial score (nSPS) is 11.7. The third-order valence-corrected chi connectivity index (χ3v) is 4.02. The third-order valence-electron chi connectivity index (χ3n) is 3.50. The highest BCUT2D eigenvalue weighted by molar-refractivity contribution is 6.99. The molecule has 0 aromatic carbocycles. The minimum Gasteiger partial charge on any atom is -0.472 e. The van der Waals surface area contributed by atoms with Crippen molar-refractivity contribution in [3.8, 4) is 11.4 Å². The lowest BCUT2D eigenvalue weighted by molar-refractivity contribution is -0.137. The van der Waals surface area contributed by atoms with Crippen LogP contribution < -0.4 is 11.1 Å². The van der Waals surface area contributed by atoms with E-state index in [1.807, 2.05) is 0 Å². The zero-order chi connectivity index (χ0) is 18.5. The van der Waals surface area contributed by atoms with Crippen molar-refractivity contribution in [3.63, 3.8) is 0 Å². The van der Waals surface area contributed by atoms with Gasteiger partial charge in [-0.3, -0.25) is 19.4 Å². The Balaban J connectivity index is 1.83. The molecule has 1 atom stereocenters. The van der Waals surface area contributed by atoms with E-state index in [2.05, 4.69) is 19.0 Å². The number of pyridine rings is 1. The number of primary amides is 1. The zero-order valence-electron chi connectivity index (χ0n) is 13.3. The topological polar surface area (TPSA) is 141 Å². The van der Waals surface area contributed by atoms with E-state index in [0.717, 1.165) is 11.7 Å². The van der Waals surface area contributed by atoms with Crippen molar-refractivity contribution in [1.29, 1.82) is 0 Å². The second-order valence-corrected chi connectivity index (χ2v) is 5.80. The van der Waals surface area contributed by atoms with E-state index in [-0.39, 0.29) is 12.1 Å². The van der Waals surface area contributed by atoms with Crippen molar-refractivity contribution in [3.05, 3.63) is 54.2 Å². The van der Waals surface area contributed by atoms with Gasteiger partial charge in [0.25, 0.3) is 11.8 Å². The lowest BCUT2D eigenvalue weighted by Gasteiger charge is -2.14. The summed E-state index contributed by atoms with van der Waals surface area (Å²) in [5, 5.41) is 2.49. The Bertz CT molecular complexity index is 923. The van der Waals surface area contributed by atoms with Gasteiger partial charge in [0.2, 0.25) is 5.78 Å². The lowest BCUT2D eigenvalue weighted by Crippen LogP contribution is -2.47. The Hall–Kier alpha value is -3.40. The van der Waals surface area contributed by atoms with Crippen LogP contribution in [-0.4, -0.2) is 37.4 Å². The lowest BCUT2D eigenvalue weighted by atomic mass is 10.0. The molecule has 0 aliphatic rings. The molecule has 3 rings (SSSR count). The maximum absolute atomic E-state index is 12.6. The minimum absolute atomic E-state index is 0.0168. The van der Waals surface area contributed by atoms with Crippen LogP contribution in [0.1, 0.15) is 16.1 Å². The number of carbonyl (C=O) groups is 3. The number of aromatic nitrogens is 3. The number of ketones is 1. The predicted octanol–water partition coefficient (Wildman–Crippen LogP) is 0.589. The van der Waals surface area contributed by atoms with E-state index < -0.39 is 23.6 Å². The van der Waals surface area contributed by atoms with Crippen LogP contribution in [0.15, 0.2) is 47.4 Å². The minimum atomic E-state index is -1.14. The van der Waals surface area contributed by atoms with Crippen molar-refractivity contribution in [2.75, 3.05) is 0 Å². The highest BCUT2D eigenvalue weighted by atomic mass is 32.1. The molecular formula is C16H13N5O4S. The van der Waals surface area contributed by atoms with Crippen LogP contribution in [0.5, 0.6) is 0 Å². The van der Waals surface area contributed by atoms with Gasteiger partial charge in [-0.1, -0.05) is 6.07 Å². The second-order valence-electron chi connectivity index (χ2n) is 5.27. The molecule has 0 bridgehead atoms. The predicted molar refractivity (Wildman–Crippen MR) is 91.0 cm³/mol. The van der Waals surface area contributed by atoms with E-state index in [1.165, 1.54) is 12.5 Å². The van der Waals surface area contributed by atoms with Crippen LogP contribution in [0.2, 0.25) is 0 Å². The SMILES string of the molecule is NC(=O)C(=O)C(Cc1ccoc1)NC(=O)c1nsnc1-c1ccccn1. The Morgan fingerprint density at radius 3 is 2.73 bits per heavy atom. The summed E-state index contributed by atoms with van der Waals surface area (Å²) in [4.78, 5) is 40.1. The zero-order valence-corrected chi connectivity index (χ0v) is 14.1. The van der Waals surface area contributed by atoms with Gasteiger partial charge in [0, 0.05) is 12.6 Å². The summed E-state index contributed by atoms with van der Waals surface area (Å²) < 4.78 is 13.0. The number of Topliss-reactive ketones (excluding diaryl/α,β-unsaturated/α-hetero) is 1. The highest BCUT2D eigenvalue weighted by Crippen LogP contribution is 2.19. The first-order valence-corrected chi connectivity index (χ1v) is 8.19. The number of hydrogen-bond acceptors (Lipinski definition) is 8. The molecule has 26 heavy (non-hydrogen) atoms. The molecule has 3 aromatic rings. The molecule has 0 spiro atoms. The van der Waals surface area contributed by atoms with Gasteiger partial charge in [0.1, 0.15) is 11.7 Å². The molecule has 0 saturated heterocycles. The van der Waals surface area contributed by atoms with Gasteiger partial charge in [0.15, 0.2) is 5.69 Å². The van der Waals surface area contributed by atoms with Crippen LogP contribution in [0, 0.1) is 0 Å². The van der Waals surface area contributed by atoms with Gasteiger partial charge in [-0.25, -0.2) is 0 Å². The number of rotatable bonds is 7. The van der Waals surface area contributed by atoms with E-state index >= 15 is 0 Å². The molecule has 0 aliphatic heterocycles. The molecule has 1 unspecified atom stereocenters. The Labute approximate surface area is 151 Å². The van der Waals surface area contributed by atoms with E-state index in [1.54, 1.807) is 30.5 Å². The smallest absolute Gasteiger partial charge is 0.287 e. The highest BCUT2D eigenvalue weighted by Gasteiger charge is 2.28. The van der Waals surface area contributed by atoms with E-state index in [0.29, 0.717) is 17.0 Å². The number of amides is 2. The average molecular weight is 371 g/mol. The second kappa shape index (κ2) is 7.66. The molecule has 3 aromatic heterocycles. The van der Waals surface area contributed by atoms with Crippen LogP contribution >= 0.6 is 11.7 Å². The van der Waals surface area contributed by atoms with Crippen LogP contribution in [0.4, 0.5) is 0 Å². The number of nitrogens with zero attached hydrogens (tertiary/aromatic N) is 3. The number of carbonyl (C=O) groups excluding carboxylic acids is 3. The maximum atomic E-state index is 12.6. The average Bonchev–Trinajstić information content (AvgIpc) is 3.32. The van der Waals surface area contributed by atoms with Crippen LogP contribution in [0.3, 0.4) is 0 Å². The first-order chi connectivity index (χ1) is 12.6. The summed E-state index contributed by atoms with van der Waals surface area (Å²) in [6.45, 7) is 0. The van der Waals surface area contributed by atoms with E-state index in [4.69, 9.17) is 10.2 Å². The number of nitrogens with one attached hydrogen (secondary N) is 1. The molecule has 3 heterocycles. The van der Waals surface area contributed by atoms with Gasteiger partial charge in [0.05, 0.1) is 29.9 Å². The fourth-order valence-corrected chi connectivity index (χ4v) is 2.81. The summed E-state index contributed by atoms with van der Waals surface area (Å²) in [7, 11) is 0. The van der Waals surface area contributed by atoms with Crippen molar-refractivity contribution in [2.24, 2.45) is 5.73 Å². The fraction of sp³-hybridized carbons (Fsp3) is 0.125. The summed E-state index contributed by atoms with van der Waals surface area (Å²) in [6.07, 6.45) is 4.46. The maximum Gasteiger partial charge on any atom is 0.287 e. The van der Waals surface area contributed by atoms with Gasteiger partial charge in [-0.15, -0.1) is 0 Å². The largest absolute Gasteiger partial charge is 0.472 e. The molecule has 9 nitrogen and oxygen atoms in total. The van der Waals surface area contributed by atoms with Gasteiger partial charge in [-0.2, -0.15) is 8.75 Å². The monoisotopic (exact) mass is 371 g/mol. The standard InChI is InChI=1S/C16H13N5O4S/c17-15(23)14(22)11(7-9-4-6-25-8-9)19-16(24)13-12(20-26-21-13)10-3-1-2-5-18-10/h1-6,8,11H,7H2,(H2,17,23)(H,19,24). The quantitative estimate of drug-likeness (QED) is 0.579. The summed E-state index contributed by atoms with van der Waals surface area (Å²) in [5.74, 6) is -2.70. The molecule has 0 fully saturated rings. The fourth-order valence-electron chi connectivity index (χ4n) is 2.26. The molecule has 3 N–H and O–H groups in total. The molecule has 132 valence electrons. The van der Waals surface area contributed by atoms with Gasteiger partial charge >= 0.3 is 0 Å². The summed E-state index contributed by atoms with van der Waals surface area (Å²) in [6, 6.07) is 5.65. The number of hydrogen-bond donors (Lipinski definition) is 2. The Morgan fingerprint density at radius 1 is 1.23 bits per heavy atom. The number of nitrogens with two attached hydrogens (primary N) is 1. The van der Waals surface area contributed by atoms with E-state index in [9.17, 15) is 14.4 Å². The molecule has 2 amide bonds. The van der Waals surface area contributed by atoms with Crippen molar-refractivity contribution in [2.45, 2.75) is 12.5 Å². The van der Waals surface area contributed by atoms with Gasteiger partial charge < -0.3 is 15.5 Å². The summed E-state index contributed by atoms with van der Waals surface area (Å²) >= 11 is 0.844. The van der Waals surface area contributed by atoms with Crippen LogP contribution in [0.25, 0.3) is 11.4 Å². The van der Waals surface area contributed by atoms with Gasteiger partial charge in [-0.05, 0) is 23.8 Å². The molecular weight excluding hydrogens is 358 g/mol. The Morgan fingerprint density at radius 2 is 2.08 bits per heavy atom. The van der Waals surface area contributed by atoms with Crippen molar-refractivity contribution in [1.82, 2.24) is 19.0 Å². The Kier molecular flexibility index (Phi) is 5.13. The van der Waals surface area contributed by atoms with Crippen molar-refractivity contribution >= 4 is 29.3 Å². The first-order valence-electron chi connectivity index (χ1n) is 7.46.